The maximum atomic E-state index is 13.3. The lowest BCUT2D eigenvalue weighted by Gasteiger charge is -2.24. The number of nitrogens with zero attached hydrogens (tertiary/aromatic N) is 2. The smallest absolute Gasteiger partial charge is 0.264 e. The largest absolute Gasteiger partial charge is 0.493 e. The van der Waals surface area contributed by atoms with Gasteiger partial charge in [0.25, 0.3) is 15.9 Å². The molecule has 0 unspecified atom stereocenters. The number of aryl methyl sites for hydroxylation is 1. The minimum absolute atomic E-state index is 0.0870. The van der Waals surface area contributed by atoms with E-state index in [0.717, 1.165) is 9.87 Å². The molecule has 0 bridgehead atoms. The number of benzene rings is 3. The van der Waals surface area contributed by atoms with E-state index in [9.17, 15) is 13.2 Å². The minimum Gasteiger partial charge on any atom is -0.493 e. The Hall–Kier alpha value is -3.85. The zero-order chi connectivity index (χ0) is 23.8. The van der Waals surface area contributed by atoms with Crippen molar-refractivity contribution < 1.29 is 22.7 Å². The number of ether oxygens (including phenoxy) is 2. The summed E-state index contributed by atoms with van der Waals surface area (Å²) >= 11 is 0. The van der Waals surface area contributed by atoms with Crippen LogP contribution in [0.1, 0.15) is 11.1 Å². The minimum atomic E-state index is -3.98. The second-order valence-electron chi connectivity index (χ2n) is 7.04. The fourth-order valence-corrected chi connectivity index (χ4v) is 4.60. The van der Waals surface area contributed by atoms with Crippen molar-refractivity contribution in [1.82, 2.24) is 5.43 Å². The lowest BCUT2D eigenvalue weighted by Crippen LogP contribution is -2.39. The van der Waals surface area contributed by atoms with Gasteiger partial charge >= 0.3 is 0 Å². The van der Waals surface area contributed by atoms with Crippen LogP contribution in [0.25, 0.3) is 0 Å². The molecule has 0 radical (unpaired) electrons. The Labute approximate surface area is 193 Å². The van der Waals surface area contributed by atoms with E-state index in [1.165, 1.54) is 32.6 Å². The zero-order valence-corrected chi connectivity index (χ0v) is 19.4. The van der Waals surface area contributed by atoms with Gasteiger partial charge in [-0.2, -0.15) is 5.10 Å². The number of hydrogen-bond acceptors (Lipinski definition) is 6. The van der Waals surface area contributed by atoms with E-state index in [-0.39, 0.29) is 4.90 Å². The lowest BCUT2D eigenvalue weighted by atomic mass is 10.2. The molecule has 0 heterocycles. The molecule has 0 spiro atoms. The number of anilines is 1. The van der Waals surface area contributed by atoms with Crippen LogP contribution in [0.2, 0.25) is 0 Å². The van der Waals surface area contributed by atoms with Gasteiger partial charge in [0.1, 0.15) is 6.54 Å². The van der Waals surface area contributed by atoms with Gasteiger partial charge in [0.15, 0.2) is 11.5 Å². The van der Waals surface area contributed by atoms with Crippen molar-refractivity contribution in [1.29, 1.82) is 0 Å². The molecule has 0 aliphatic heterocycles. The van der Waals surface area contributed by atoms with Gasteiger partial charge in [0, 0.05) is 5.56 Å². The summed E-state index contributed by atoms with van der Waals surface area (Å²) in [5.41, 5.74) is 4.22. The van der Waals surface area contributed by atoms with Gasteiger partial charge in [0.2, 0.25) is 0 Å². The summed E-state index contributed by atoms with van der Waals surface area (Å²) in [5, 5.41) is 3.96. The van der Waals surface area contributed by atoms with E-state index in [2.05, 4.69) is 10.5 Å². The molecule has 0 fully saturated rings. The van der Waals surface area contributed by atoms with Crippen molar-refractivity contribution in [2.24, 2.45) is 5.10 Å². The Morgan fingerprint density at radius 3 is 2.39 bits per heavy atom. The van der Waals surface area contributed by atoms with E-state index < -0.39 is 22.5 Å². The van der Waals surface area contributed by atoms with E-state index in [1.807, 2.05) is 13.0 Å². The number of carbonyl (C=O) groups is 1. The molecule has 172 valence electrons. The fraction of sp³-hybridized carbons (Fsp3) is 0.167. The molecule has 0 atom stereocenters. The number of rotatable bonds is 9. The van der Waals surface area contributed by atoms with Crippen LogP contribution in [-0.2, 0) is 14.8 Å². The van der Waals surface area contributed by atoms with Gasteiger partial charge < -0.3 is 9.47 Å². The first-order valence-electron chi connectivity index (χ1n) is 10.0. The molecule has 0 aliphatic carbocycles. The van der Waals surface area contributed by atoms with Crippen molar-refractivity contribution in [3.63, 3.8) is 0 Å². The molecular formula is C24H25N3O5S. The highest BCUT2D eigenvalue weighted by Gasteiger charge is 2.27. The number of sulfonamides is 1. The average Bonchev–Trinajstić information content (AvgIpc) is 2.82. The maximum absolute atomic E-state index is 13.3. The second kappa shape index (κ2) is 10.6. The molecule has 3 aromatic rings. The van der Waals surface area contributed by atoms with Crippen LogP contribution in [-0.4, -0.2) is 41.3 Å². The summed E-state index contributed by atoms with van der Waals surface area (Å²) in [7, 11) is -0.955. The van der Waals surface area contributed by atoms with Gasteiger partial charge in [-0.05, 0) is 48.9 Å². The fourth-order valence-electron chi connectivity index (χ4n) is 3.17. The molecule has 1 amide bonds. The van der Waals surface area contributed by atoms with Crippen molar-refractivity contribution >= 4 is 27.8 Å². The molecule has 0 aliphatic rings. The Balaban J connectivity index is 1.84. The molecule has 0 saturated heterocycles. The van der Waals surface area contributed by atoms with Crippen LogP contribution < -0.4 is 19.2 Å². The molecule has 8 nitrogen and oxygen atoms in total. The van der Waals surface area contributed by atoms with Crippen molar-refractivity contribution in [2.45, 2.75) is 11.8 Å². The number of hydrazone groups is 1. The van der Waals surface area contributed by atoms with Gasteiger partial charge in [-0.3, -0.25) is 9.10 Å². The van der Waals surface area contributed by atoms with Gasteiger partial charge in [-0.15, -0.1) is 0 Å². The number of carbonyl (C=O) groups excluding carboxylic acids is 1. The summed E-state index contributed by atoms with van der Waals surface area (Å²) in [6, 6.07) is 20.2. The molecule has 0 aromatic heterocycles. The Kier molecular flexibility index (Phi) is 7.68. The molecule has 9 heteroatoms. The number of para-hydroxylation sites is 1. The van der Waals surface area contributed by atoms with Crippen molar-refractivity contribution in [2.75, 3.05) is 25.1 Å². The Morgan fingerprint density at radius 2 is 1.73 bits per heavy atom. The van der Waals surface area contributed by atoms with Crippen LogP contribution >= 0.6 is 0 Å². The molecule has 33 heavy (non-hydrogen) atoms. The summed E-state index contributed by atoms with van der Waals surface area (Å²) in [4.78, 5) is 12.8. The van der Waals surface area contributed by atoms with Crippen molar-refractivity contribution in [3.05, 3.63) is 83.9 Å². The maximum Gasteiger partial charge on any atom is 0.264 e. The molecule has 3 aromatic carbocycles. The highest BCUT2D eigenvalue weighted by molar-refractivity contribution is 7.92. The first-order chi connectivity index (χ1) is 15.9. The first-order valence-corrected chi connectivity index (χ1v) is 11.5. The first kappa shape index (κ1) is 23.8. The van der Waals surface area contributed by atoms with Gasteiger partial charge in [0.05, 0.1) is 31.0 Å². The second-order valence-corrected chi connectivity index (χ2v) is 8.90. The number of nitrogens with one attached hydrogen (secondary N) is 1. The molecule has 1 N–H and O–H groups in total. The molecule has 0 saturated carbocycles. The third kappa shape index (κ3) is 5.69. The van der Waals surface area contributed by atoms with Crippen LogP contribution in [0.15, 0.2) is 82.8 Å². The summed E-state index contributed by atoms with van der Waals surface area (Å²) in [6.07, 6.45) is 1.40. The number of hydrogen-bond donors (Lipinski definition) is 1. The average molecular weight is 468 g/mol. The number of amides is 1. The Bertz CT molecular complexity index is 1240. The standard InChI is InChI=1S/C24H25N3O5S/c1-18-9-7-11-20(15-18)27(33(29,30)21-12-5-4-6-13-21)17-23(28)26-25-16-19-10-8-14-22(31-2)24(19)32-3/h4-16H,17H2,1-3H3,(H,26,28)/b25-16-. The lowest BCUT2D eigenvalue weighted by molar-refractivity contribution is -0.119. The zero-order valence-electron chi connectivity index (χ0n) is 18.6. The highest BCUT2D eigenvalue weighted by Crippen LogP contribution is 2.29. The van der Waals surface area contributed by atoms with E-state index in [0.29, 0.717) is 22.7 Å². The van der Waals surface area contributed by atoms with E-state index in [4.69, 9.17) is 9.47 Å². The highest BCUT2D eigenvalue weighted by atomic mass is 32.2. The predicted molar refractivity (Wildman–Crippen MR) is 127 cm³/mol. The molecule has 3 rings (SSSR count). The SMILES string of the molecule is COc1cccc(/C=N\NC(=O)CN(c2cccc(C)c2)S(=O)(=O)c2ccccc2)c1OC. The normalized spacial score (nSPS) is 11.2. The third-order valence-electron chi connectivity index (χ3n) is 4.73. The topological polar surface area (TPSA) is 97.3 Å². The van der Waals surface area contributed by atoms with E-state index >= 15 is 0 Å². The monoisotopic (exact) mass is 467 g/mol. The van der Waals surface area contributed by atoms with Crippen LogP contribution in [0.3, 0.4) is 0 Å². The van der Waals surface area contributed by atoms with Crippen LogP contribution in [0.5, 0.6) is 11.5 Å². The summed E-state index contributed by atoms with van der Waals surface area (Å²) in [5.74, 6) is 0.382. The third-order valence-corrected chi connectivity index (χ3v) is 6.52. The van der Waals surface area contributed by atoms with Crippen LogP contribution in [0, 0.1) is 6.92 Å². The van der Waals surface area contributed by atoms with Crippen LogP contribution in [0.4, 0.5) is 5.69 Å². The van der Waals surface area contributed by atoms with E-state index in [1.54, 1.807) is 54.6 Å². The molecular weight excluding hydrogens is 442 g/mol. The van der Waals surface area contributed by atoms with Gasteiger partial charge in [-0.1, -0.05) is 36.4 Å². The van der Waals surface area contributed by atoms with Gasteiger partial charge in [-0.25, -0.2) is 13.8 Å². The summed E-state index contributed by atoms with van der Waals surface area (Å²) < 4.78 is 38.3. The number of methoxy groups -OCH3 is 2. The summed E-state index contributed by atoms with van der Waals surface area (Å²) in [6.45, 7) is 1.40. The quantitative estimate of drug-likeness (QED) is 0.384. The predicted octanol–water partition coefficient (Wildman–Crippen LogP) is 3.36. The Morgan fingerprint density at radius 1 is 1.00 bits per heavy atom. The van der Waals surface area contributed by atoms with Crippen molar-refractivity contribution in [3.8, 4) is 11.5 Å².